The highest BCUT2D eigenvalue weighted by Gasteiger charge is 2.59. The molecule has 0 aromatic heterocycles. The molecule has 2 fully saturated rings. The van der Waals surface area contributed by atoms with Crippen LogP contribution >= 0.6 is 0 Å². The van der Waals surface area contributed by atoms with E-state index in [4.69, 9.17) is 4.74 Å². The van der Waals surface area contributed by atoms with Crippen LogP contribution in [0.15, 0.2) is 0 Å². The zero-order valence-electron chi connectivity index (χ0n) is 7.05. The Labute approximate surface area is 62.8 Å². The lowest BCUT2D eigenvalue weighted by Crippen LogP contribution is -2.30. The van der Waals surface area contributed by atoms with Crippen LogP contribution in [0.1, 0.15) is 33.6 Å². The Kier molecular flexibility index (Phi) is 1.17. The Bertz CT molecular complexity index is 153. The van der Waals surface area contributed by atoms with Crippen molar-refractivity contribution in [3.8, 4) is 0 Å². The van der Waals surface area contributed by atoms with Crippen LogP contribution in [-0.4, -0.2) is 11.7 Å². The molecule has 1 saturated carbocycles. The lowest BCUT2D eigenvalue weighted by atomic mass is 9.75. The van der Waals surface area contributed by atoms with Gasteiger partial charge in [0.2, 0.25) is 0 Å². The summed E-state index contributed by atoms with van der Waals surface area (Å²) in [6.07, 6.45) is 3.27. The van der Waals surface area contributed by atoms with Crippen molar-refractivity contribution in [2.45, 2.75) is 45.3 Å². The third-order valence-electron chi connectivity index (χ3n) is 3.62. The van der Waals surface area contributed by atoms with Crippen molar-refractivity contribution in [2.24, 2.45) is 11.8 Å². The molecule has 1 aliphatic heterocycles. The summed E-state index contributed by atoms with van der Waals surface area (Å²) in [5, 5.41) is 0. The molecular formula is C9H16O. The van der Waals surface area contributed by atoms with Gasteiger partial charge in [0.15, 0.2) is 0 Å². The van der Waals surface area contributed by atoms with Crippen molar-refractivity contribution < 1.29 is 4.74 Å². The predicted molar refractivity (Wildman–Crippen MR) is 40.8 cm³/mol. The van der Waals surface area contributed by atoms with E-state index in [2.05, 4.69) is 20.8 Å². The predicted octanol–water partition coefficient (Wildman–Crippen LogP) is 2.21. The van der Waals surface area contributed by atoms with E-state index in [0.717, 1.165) is 11.8 Å². The second-order valence-corrected chi connectivity index (χ2v) is 4.13. The zero-order valence-corrected chi connectivity index (χ0v) is 7.05. The third-order valence-corrected chi connectivity index (χ3v) is 3.62. The summed E-state index contributed by atoms with van der Waals surface area (Å²) >= 11 is 0. The summed E-state index contributed by atoms with van der Waals surface area (Å²) in [5.74, 6) is 1.63. The summed E-state index contributed by atoms with van der Waals surface area (Å²) in [5.41, 5.74) is 0.275. The van der Waals surface area contributed by atoms with Crippen LogP contribution < -0.4 is 0 Å². The Morgan fingerprint density at radius 3 is 2.60 bits per heavy atom. The largest absolute Gasteiger partial charge is 0.366 e. The first-order chi connectivity index (χ1) is 4.64. The molecule has 0 aromatic carbocycles. The summed E-state index contributed by atoms with van der Waals surface area (Å²) in [7, 11) is 0. The molecule has 0 N–H and O–H groups in total. The molecular weight excluding hydrogens is 124 g/mol. The molecule has 1 heteroatoms. The quantitative estimate of drug-likeness (QED) is 0.470. The van der Waals surface area contributed by atoms with Gasteiger partial charge >= 0.3 is 0 Å². The molecule has 1 nitrogen and oxygen atoms in total. The smallest absolute Gasteiger partial charge is 0.0948 e. The normalized spacial score (nSPS) is 59.7. The fraction of sp³-hybridized carbons (Fsp3) is 1.00. The average Bonchev–Trinajstić information content (AvgIpc) is 2.55. The monoisotopic (exact) mass is 140 g/mol. The molecule has 4 unspecified atom stereocenters. The van der Waals surface area contributed by atoms with Crippen molar-refractivity contribution in [3.63, 3.8) is 0 Å². The van der Waals surface area contributed by atoms with E-state index < -0.39 is 0 Å². The molecule has 58 valence electrons. The van der Waals surface area contributed by atoms with Gasteiger partial charge in [0.1, 0.15) is 0 Å². The number of rotatable bonds is 0. The lowest BCUT2D eigenvalue weighted by molar-refractivity contribution is 0.195. The second-order valence-electron chi connectivity index (χ2n) is 4.13. The SMILES string of the molecule is CC1CCC2OC2(C)C1C. The van der Waals surface area contributed by atoms with Gasteiger partial charge in [0.05, 0.1) is 11.7 Å². The highest BCUT2D eigenvalue weighted by molar-refractivity contribution is 5.06. The summed E-state index contributed by atoms with van der Waals surface area (Å²) < 4.78 is 5.65. The van der Waals surface area contributed by atoms with Crippen molar-refractivity contribution >= 4 is 0 Å². The molecule has 1 aliphatic carbocycles. The van der Waals surface area contributed by atoms with E-state index in [9.17, 15) is 0 Å². The molecule has 0 spiro atoms. The minimum atomic E-state index is 0.275. The number of ether oxygens (including phenoxy) is 1. The molecule has 10 heavy (non-hydrogen) atoms. The van der Waals surface area contributed by atoms with Crippen molar-refractivity contribution in [2.75, 3.05) is 0 Å². The molecule has 0 bridgehead atoms. The average molecular weight is 140 g/mol. The maximum atomic E-state index is 5.65. The molecule has 0 aromatic rings. The van der Waals surface area contributed by atoms with Crippen LogP contribution in [0.5, 0.6) is 0 Å². The summed E-state index contributed by atoms with van der Waals surface area (Å²) in [4.78, 5) is 0. The molecule has 1 heterocycles. The Balaban J connectivity index is 2.13. The lowest BCUT2D eigenvalue weighted by Gasteiger charge is -2.27. The number of hydrogen-bond donors (Lipinski definition) is 0. The van der Waals surface area contributed by atoms with Crippen LogP contribution in [-0.2, 0) is 4.74 Å². The van der Waals surface area contributed by atoms with E-state index in [1.54, 1.807) is 0 Å². The van der Waals surface area contributed by atoms with Gasteiger partial charge in [-0.25, -0.2) is 0 Å². The van der Waals surface area contributed by atoms with Crippen molar-refractivity contribution in [3.05, 3.63) is 0 Å². The summed E-state index contributed by atoms with van der Waals surface area (Å²) in [6.45, 7) is 6.93. The van der Waals surface area contributed by atoms with Gasteiger partial charge in [0.25, 0.3) is 0 Å². The van der Waals surface area contributed by atoms with E-state index >= 15 is 0 Å². The first-order valence-corrected chi connectivity index (χ1v) is 4.32. The van der Waals surface area contributed by atoms with Crippen LogP contribution in [0, 0.1) is 11.8 Å². The molecule has 0 amide bonds. The minimum absolute atomic E-state index is 0.275. The molecule has 2 aliphatic rings. The Hall–Kier alpha value is -0.0400. The van der Waals surface area contributed by atoms with E-state index in [-0.39, 0.29) is 5.60 Å². The highest BCUT2D eigenvalue weighted by atomic mass is 16.6. The first-order valence-electron chi connectivity index (χ1n) is 4.32. The van der Waals surface area contributed by atoms with Gasteiger partial charge in [-0.15, -0.1) is 0 Å². The maximum Gasteiger partial charge on any atom is 0.0948 e. The van der Waals surface area contributed by atoms with E-state index in [0.29, 0.717) is 6.10 Å². The number of epoxide rings is 1. The van der Waals surface area contributed by atoms with Gasteiger partial charge in [-0.1, -0.05) is 13.8 Å². The third kappa shape index (κ3) is 0.672. The van der Waals surface area contributed by atoms with Crippen LogP contribution in [0.3, 0.4) is 0 Å². The number of hydrogen-bond acceptors (Lipinski definition) is 1. The van der Waals surface area contributed by atoms with E-state index in [1.165, 1.54) is 12.8 Å². The van der Waals surface area contributed by atoms with Crippen molar-refractivity contribution in [1.82, 2.24) is 0 Å². The molecule has 0 radical (unpaired) electrons. The zero-order chi connectivity index (χ0) is 7.35. The summed E-state index contributed by atoms with van der Waals surface area (Å²) in [6, 6.07) is 0. The van der Waals surface area contributed by atoms with E-state index in [1.807, 2.05) is 0 Å². The van der Waals surface area contributed by atoms with Crippen LogP contribution in [0.25, 0.3) is 0 Å². The fourth-order valence-electron chi connectivity index (χ4n) is 2.25. The number of fused-ring (bicyclic) bond motifs is 1. The van der Waals surface area contributed by atoms with Gasteiger partial charge in [-0.05, 0) is 31.6 Å². The topological polar surface area (TPSA) is 12.5 Å². The standard InChI is InChI=1S/C9H16O/c1-6-4-5-8-9(3,10-8)7(6)2/h6-8H,4-5H2,1-3H3. The molecule has 2 rings (SSSR count). The Morgan fingerprint density at radius 1 is 1.30 bits per heavy atom. The fourth-order valence-corrected chi connectivity index (χ4v) is 2.25. The molecule has 1 saturated heterocycles. The van der Waals surface area contributed by atoms with Crippen LogP contribution in [0.4, 0.5) is 0 Å². The van der Waals surface area contributed by atoms with Gasteiger partial charge in [-0.3, -0.25) is 0 Å². The second kappa shape index (κ2) is 1.76. The van der Waals surface area contributed by atoms with Gasteiger partial charge < -0.3 is 4.74 Å². The molecule has 4 atom stereocenters. The van der Waals surface area contributed by atoms with Crippen molar-refractivity contribution in [1.29, 1.82) is 0 Å². The maximum absolute atomic E-state index is 5.65. The highest BCUT2D eigenvalue weighted by Crippen LogP contribution is 2.52. The van der Waals surface area contributed by atoms with Gasteiger partial charge in [-0.2, -0.15) is 0 Å². The first kappa shape index (κ1) is 6.66. The minimum Gasteiger partial charge on any atom is -0.366 e. The van der Waals surface area contributed by atoms with Gasteiger partial charge in [0, 0.05) is 0 Å². The Morgan fingerprint density at radius 2 is 2.00 bits per heavy atom. The van der Waals surface area contributed by atoms with Crippen LogP contribution in [0.2, 0.25) is 0 Å².